The topological polar surface area (TPSA) is 73.0 Å². The molecule has 0 saturated carbocycles. The van der Waals surface area contributed by atoms with Crippen LogP contribution in [0.3, 0.4) is 0 Å². The highest BCUT2D eigenvalue weighted by Crippen LogP contribution is 2.28. The molecule has 29 heavy (non-hydrogen) atoms. The predicted octanol–water partition coefficient (Wildman–Crippen LogP) is 4.90. The van der Waals surface area contributed by atoms with Gasteiger partial charge in [0.2, 0.25) is 11.8 Å². The van der Waals surface area contributed by atoms with Crippen molar-refractivity contribution in [1.29, 1.82) is 0 Å². The highest BCUT2D eigenvalue weighted by atomic mass is 16.4. The van der Waals surface area contributed by atoms with Crippen LogP contribution in [0, 0.1) is 13.8 Å². The Morgan fingerprint density at radius 2 is 1.93 bits per heavy atom. The highest BCUT2D eigenvalue weighted by Gasteiger charge is 2.18. The molecule has 148 valence electrons. The average molecular weight is 388 g/mol. The number of nitrogens with zero attached hydrogens (tertiary/aromatic N) is 3. The summed E-state index contributed by atoms with van der Waals surface area (Å²) in [5.41, 5.74) is 4.74. The number of aromatic nitrogens is 3. The molecule has 0 aliphatic carbocycles. The largest absolute Gasteiger partial charge is 0.419 e. The van der Waals surface area contributed by atoms with Gasteiger partial charge in [-0.25, -0.2) is 0 Å². The first kappa shape index (κ1) is 18.9. The molecule has 0 aliphatic rings. The van der Waals surface area contributed by atoms with Gasteiger partial charge in [-0.15, -0.1) is 10.2 Å². The van der Waals surface area contributed by atoms with Gasteiger partial charge in [0.15, 0.2) is 0 Å². The molecule has 0 aliphatic heterocycles. The second kappa shape index (κ2) is 7.91. The van der Waals surface area contributed by atoms with Crippen molar-refractivity contribution in [3.63, 3.8) is 0 Å². The normalized spacial score (nSPS) is 11.1. The van der Waals surface area contributed by atoms with E-state index in [4.69, 9.17) is 4.42 Å². The molecule has 1 N–H and O–H groups in total. The van der Waals surface area contributed by atoms with E-state index in [1.807, 2.05) is 66.9 Å². The van der Waals surface area contributed by atoms with Crippen LogP contribution in [0.25, 0.3) is 22.5 Å². The van der Waals surface area contributed by atoms with Crippen molar-refractivity contribution in [1.82, 2.24) is 14.8 Å². The van der Waals surface area contributed by atoms with Crippen LogP contribution in [0.5, 0.6) is 0 Å². The quantitative estimate of drug-likeness (QED) is 0.510. The maximum Gasteiger partial charge on any atom is 0.264 e. The molecule has 2 aromatic carbocycles. The van der Waals surface area contributed by atoms with Gasteiger partial charge >= 0.3 is 0 Å². The highest BCUT2D eigenvalue weighted by molar-refractivity contribution is 5.94. The lowest BCUT2D eigenvalue weighted by molar-refractivity contribution is -0.116. The monoisotopic (exact) mass is 388 g/mol. The van der Waals surface area contributed by atoms with Crippen molar-refractivity contribution in [3.05, 3.63) is 65.5 Å². The predicted molar refractivity (Wildman–Crippen MR) is 114 cm³/mol. The number of rotatable bonds is 6. The van der Waals surface area contributed by atoms with E-state index in [9.17, 15) is 4.79 Å². The third-order valence-electron chi connectivity index (χ3n) is 5.14. The zero-order chi connectivity index (χ0) is 20.4. The molecule has 4 aromatic rings. The number of amides is 1. The van der Waals surface area contributed by atoms with E-state index < -0.39 is 0 Å². The lowest BCUT2D eigenvalue weighted by Gasteiger charge is -2.12. The summed E-state index contributed by atoms with van der Waals surface area (Å²) in [5, 5.41) is 12.4. The van der Waals surface area contributed by atoms with E-state index >= 15 is 0 Å². The molecule has 0 bridgehead atoms. The van der Waals surface area contributed by atoms with Gasteiger partial charge in [-0.3, -0.25) is 4.79 Å². The molecule has 0 saturated heterocycles. The lowest BCUT2D eigenvalue weighted by Crippen LogP contribution is -2.20. The maximum absolute atomic E-state index is 12.9. The lowest BCUT2D eigenvalue weighted by atomic mass is 10.1. The zero-order valence-electron chi connectivity index (χ0n) is 16.9. The molecule has 1 amide bonds. The Morgan fingerprint density at radius 3 is 2.76 bits per heavy atom. The first-order valence-electron chi connectivity index (χ1n) is 9.84. The number of benzene rings is 2. The maximum atomic E-state index is 12.9. The summed E-state index contributed by atoms with van der Waals surface area (Å²) in [6, 6.07) is 15.8. The first-order chi connectivity index (χ1) is 14.1. The fourth-order valence-corrected chi connectivity index (χ4v) is 3.45. The fraction of sp³-hybridized carbons (Fsp3) is 0.261. The Bertz CT molecular complexity index is 1170. The summed E-state index contributed by atoms with van der Waals surface area (Å²) >= 11 is 0. The molecular weight excluding hydrogens is 364 g/mol. The van der Waals surface area contributed by atoms with Gasteiger partial charge in [0.25, 0.3) is 5.89 Å². The summed E-state index contributed by atoms with van der Waals surface area (Å²) in [6.07, 6.45) is 1.67. The van der Waals surface area contributed by atoms with Gasteiger partial charge < -0.3 is 14.3 Å². The third kappa shape index (κ3) is 3.78. The van der Waals surface area contributed by atoms with Crippen molar-refractivity contribution in [2.24, 2.45) is 0 Å². The van der Waals surface area contributed by atoms with Crippen molar-refractivity contribution in [2.75, 3.05) is 5.32 Å². The summed E-state index contributed by atoms with van der Waals surface area (Å²) in [7, 11) is 0. The second-order valence-corrected chi connectivity index (χ2v) is 7.22. The number of carbonyl (C=O) groups is 1. The molecule has 0 unspecified atom stereocenters. The minimum atomic E-state index is -0.102. The van der Waals surface area contributed by atoms with Gasteiger partial charge in [-0.1, -0.05) is 37.3 Å². The summed E-state index contributed by atoms with van der Waals surface area (Å²) in [6.45, 7) is 6.27. The summed E-state index contributed by atoms with van der Waals surface area (Å²) in [5.74, 6) is 0.943. The number of fused-ring (bicyclic) bond motifs is 1. The molecule has 2 heterocycles. The van der Waals surface area contributed by atoms with Crippen LogP contribution in [0.2, 0.25) is 0 Å². The number of hydrogen-bond acceptors (Lipinski definition) is 4. The smallest absolute Gasteiger partial charge is 0.264 e. The van der Waals surface area contributed by atoms with Gasteiger partial charge in [-0.05, 0) is 49.6 Å². The van der Waals surface area contributed by atoms with Crippen molar-refractivity contribution >= 4 is 22.5 Å². The second-order valence-electron chi connectivity index (χ2n) is 7.22. The Balaban J connectivity index is 1.68. The third-order valence-corrected chi connectivity index (χ3v) is 5.14. The van der Waals surface area contributed by atoms with Crippen molar-refractivity contribution < 1.29 is 9.21 Å². The SMILES string of the molecule is CCCc1nnc(-c2cc3ccccc3n2CC(=O)Nc2cccc(C)c2C)o1. The molecule has 0 radical (unpaired) electrons. The molecule has 0 spiro atoms. The number of nitrogens with one attached hydrogen (secondary N) is 1. The van der Waals surface area contributed by atoms with Crippen LogP contribution in [0.15, 0.2) is 52.9 Å². The Hall–Kier alpha value is -3.41. The Labute approximate surface area is 169 Å². The first-order valence-corrected chi connectivity index (χ1v) is 9.84. The van der Waals surface area contributed by atoms with Crippen molar-refractivity contribution in [2.45, 2.75) is 40.2 Å². The average Bonchev–Trinajstić information content (AvgIpc) is 3.31. The van der Waals surface area contributed by atoms with E-state index in [0.717, 1.165) is 46.3 Å². The van der Waals surface area contributed by atoms with Crippen LogP contribution >= 0.6 is 0 Å². The molecule has 0 atom stereocenters. The van der Waals surface area contributed by atoms with E-state index in [0.29, 0.717) is 11.8 Å². The number of aryl methyl sites for hydroxylation is 2. The van der Waals surface area contributed by atoms with Crippen LogP contribution in [0.1, 0.15) is 30.4 Å². The molecule has 4 rings (SSSR count). The Morgan fingerprint density at radius 1 is 1.10 bits per heavy atom. The van der Waals surface area contributed by atoms with E-state index in [1.165, 1.54) is 0 Å². The van der Waals surface area contributed by atoms with E-state index in [1.54, 1.807) is 0 Å². The fourth-order valence-electron chi connectivity index (χ4n) is 3.45. The molecular formula is C23H24N4O2. The van der Waals surface area contributed by atoms with E-state index in [2.05, 4.69) is 22.4 Å². The summed E-state index contributed by atoms with van der Waals surface area (Å²) < 4.78 is 7.77. The minimum absolute atomic E-state index is 0.102. The van der Waals surface area contributed by atoms with Crippen LogP contribution in [-0.2, 0) is 17.8 Å². The van der Waals surface area contributed by atoms with Crippen LogP contribution in [-0.4, -0.2) is 20.7 Å². The molecule has 2 aromatic heterocycles. The Kier molecular flexibility index (Phi) is 5.16. The van der Waals surface area contributed by atoms with Gasteiger partial charge in [0.1, 0.15) is 12.2 Å². The molecule has 6 heteroatoms. The number of carbonyl (C=O) groups excluding carboxylic acids is 1. The van der Waals surface area contributed by atoms with Crippen LogP contribution in [0.4, 0.5) is 5.69 Å². The standard InChI is InChI=1S/C23H24N4O2/c1-4-8-22-25-26-23(29-22)20-13-17-10-5-6-12-19(17)27(20)14-21(28)24-18-11-7-9-15(2)16(18)3/h5-7,9-13H,4,8,14H2,1-3H3,(H,24,28). The summed E-state index contributed by atoms with van der Waals surface area (Å²) in [4.78, 5) is 12.9. The van der Waals surface area contributed by atoms with Gasteiger partial charge in [0.05, 0.1) is 0 Å². The minimum Gasteiger partial charge on any atom is -0.419 e. The number of anilines is 1. The van der Waals surface area contributed by atoms with Crippen molar-refractivity contribution in [3.8, 4) is 11.6 Å². The number of hydrogen-bond donors (Lipinski definition) is 1. The molecule has 6 nitrogen and oxygen atoms in total. The zero-order valence-corrected chi connectivity index (χ0v) is 16.9. The number of para-hydroxylation sites is 1. The van der Waals surface area contributed by atoms with Gasteiger partial charge in [0, 0.05) is 23.0 Å². The van der Waals surface area contributed by atoms with Crippen LogP contribution < -0.4 is 5.32 Å². The van der Waals surface area contributed by atoms with Gasteiger partial charge in [-0.2, -0.15) is 0 Å². The molecule has 0 fully saturated rings. The van der Waals surface area contributed by atoms with E-state index in [-0.39, 0.29) is 12.5 Å².